The van der Waals surface area contributed by atoms with E-state index in [-0.39, 0.29) is 17.2 Å². The van der Waals surface area contributed by atoms with Gasteiger partial charge in [-0.05, 0) is 18.6 Å². The maximum absolute atomic E-state index is 11.6. The summed E-state index contributed by atoms with van der Waals surface area (Å²) in [5, 5.41) is 14.6. The number of benzene rings is 1. The lowest BCUT2D eigenvalue weighted by atomic mass is 10.1. The number of rotatable bonds is 6. The van der Waals surface area contributed by atoms with Gasteiger partial charge >= 0.3 is 0 Å². The summed E-state index contributed by atoms with van der Waals surface area (Å²) in [6, 6.07) is 4.33. The molecule has 92 valence electrons. The number of carbonyl (C=O) groups is 2. The second kappa shape index (κ2) is 6.37. The van der Waals surface area contributed by atoms with Crippen LogP contribution in [0.1, 0.15) is 16.8 Å². The number of carbonyl (C=O) groups excluding carboxylic acids is 2. The second-order valence-corrected chi connectivity index (χ2v) is 3.46. The van der Waals surface area contributed by atoms with E-state index in [9.17, 15) is 14.7 Å². The van der Waals surface area contributed by atoms with Crippen LogP contribution in [0, 0.1) is 0 Å². The van der Waals surface area contributed by atoms with E-state index in [1.165, 1.54) is 12.1 Å². The first kappa shape index (κ1) is 12.8. The van der Waals surface area contributed by atoms with Crippen LogP contribution in [0.15, 0.2) is 18.2 Å². The van der Waals surface area contributed by atoms with Gasteiger partial charge < -0.3 is 21.5 Å². The van der Waals surface area contributed by atoms with Crippen molar-refractivity contribution in [1.82, 2.24) is 10.6 Å². The highest BCUT2D eigenvalue weighted by molar-refractivity contribution is 5.97. The summed E-state index contributed by atoms with van der Waals surface area (Å²) in [5.41, 5.74) is 6.03. The van der Waals surface area contributed by atoms with Crippen LogP contribution in [0.5, 0.6) is 5.75 Å². The molecule has 17 heavy (non-hydrogen) atoms. The molecule has 6 heteroatoms. The summed E-state index contributed by atoms with van der Waals surface area (Å²) < 4.78 is 0. The molecule has 1 aromatic rings. The van der Waals surface area contributed by atoms with E-state index in [2.05, 4.69) is 10.6 Å². The molecule has 0 spiro atoms. The van der Waals surface area contributed by atoms with Crippen molar-refractivity contribution in [3.63, 3.8) is 0 Å². The van der Waals surface area contributed by atoms with Gasteiger partial charge in [0.25, 0.3) is 5.91 Å². The van der Waals surface area contributed by atoms with Crippen LogP contribution < -0.4 is 16.4 Å². The van der Waals surface area contributed by atoms with E-state index < -0.39 is 0 Å². The Balaban J connectivity index is 2.44. The molecule has 0 heterocycles. The zero-order chi connectivity index (χ0) is 12.7. The van der Waals surface area contributed by atoms with Crippen LogP contribution in [-0.2, 0) is 4.79 Å². The van der Waals surface area contributed by atoms with Crippen LogP contribution in [0.3, 0.4) is 0 Å². The first-order valence-electron chi connectivity index (χ1n) is 5.19. The van der Waals surface area contributed by atoms with Gasteiger partial charge in [0.05, 0.1) is 5.56 Å². The van der Waals surface area contributed by atoms with Gasteiger partial charge in [-0.25, -0.2) is 0 Å². The predicted molar refractivity (Wildman–Crippen MR) is 63.5 cm³/mol. The van der Waals surface area contributed by atoms with Crippen molar-refractivity contribution in [3.05, 3.63) is 23.8 Å². The summed E-state index contributed by atoms with van der Waals surface area (Å²) in [6.45, 7) is 0.918. The van der Waals surface area contributed by atoms with Crippen molar-refractivity contribution >= 4 is 18.0 Å². The van der Waals surface area contributed by atoms with E-state index in [0.29, 0.717) is 31.6 Å². The Morgan fingerprint density at radius 3 is 2.82 bits per heavy atom. The zero-order valence-corrected chi connectivity index (χ0v) is 9.27. The fraction of sp³-hybridized carbons (Fsp3) is 0.273. The molecular formula is C11H15N3O3. The van der Waals surface area contributed by atoms with Gasteiger partial charge in [-0.3, -0.25) is 9.59 Å². The number of amides is 2. The van der Waals surface area contributed by atoms with Crippen LogP contribution in [0.25, 0.3) is 0 Å². The van der Waals surface area contributed by atoms with E-state index in [0.717, 1.165) is 0 Å². The molecule has 0 atom stereocenters. The van der Waals surface area contributed by atoms with Gasteiger partial charge in [0.15, 0.2) is 0 Å². The fourth-order valence-corrected chi connectivity index (χ4v) is 1.29. The van der Waals surface area contributed by atoms with Crippen molar-refractivity contribution in [2.24, 2.45) is 0 Å². The monoisotopic (exact) mass is 237 g/mol. The predicted octanol–water partition coefficient (Wildman–Crippen LogP) is -0.160. The first-order valence-corrected chi connectivity index (χ1v) is 5.19. The van der Waals surface area contributed by atoms with E-state index in [1.807, 2.05) is 0 Å². The lowest BCUT2D eigenvalue weighted by molar-refractivity contribution is -0.109. The fourth-order valence-electron chi connectivity index (χ4n) is 1.29. The Morgan fingerprint density at radius 2 is 2.18 bits per heavy atom. The highest BCUT2D eigenvalue weighted by Gasteiger charge is 2.09. The average molecular weight is 237 g/mol. The number of aromatic hydroxyl groups is 1. The van der Waals surface area contributed by atoms with Crippen LogP contribution in [-0.4, -0.2) is 30.5 Å². The highest BCUT2D eigenvalue weighted by atomic mass is 16.3. The lowest BCUT2D eigenvalue weighted by Gasteiger charge is -2.07. The molecule has 0 radical (unpaired) electrons. The molecule has 0 bridgehead atoms. The van der Waals surface area contributed by atoms with Gasteiger partial charge in [-0.2, -0.15) is 0 Å². The molecule has 1 rings (SSSR count). The largest absolute Gasteiger partial charge is 0.507 e. The molecule has 0 aromatic heterocycles. The van der Waals surface area contributed by atoms with Crippen LogP contribution in [0.4, 0.5) is 5.69 Å². The van der Waals surface area contributed by atoms with Gasteiger partial charge in [-0.15, -0.1) is 0 Å². The summed E-state index contributed by atoms with van der Waals surface area (Å²) >= 11 is 0. The molecule has 0 aliphatic rings. The minimum absolute atomic E-state index is 0.145. The topological polar surface area (TPSA) is 104 Å². The van der Waals surface area contributed by atoms with Gasteiger partial charge in [0.1, 0.15) is 5.75 Å². The number of nitrogens with two attached hydrogens (primary N) is 1. The Bertz CT molecular complexity index is 407. The van der Waals surface area contributed by atoms with Gasteiger partial charge in [0, 0.05) is 24.8 Å². The molecule has 0 saturated heterocycles. The molecule has 6 nitrogen and oxygen atoms in total. The number of anilines is 1. The van der Waals surface area contributed by atoms with E-state index in [4.69, 9.17) is 5.73 Å². The third-order valence-corrected chi connectivity index (χ3v) is 2.13. The minimum atomic E-state index is -0.367. The molecular weight excluding hydrogens is 222 g/mol. The summed E-state index contributed by atoms with van der Waals surface area (Å²) in [7, 11) is 0. The number of hydrogen-bond donors (Lipinski definition) is 4. The molecule has 2 amide bonds. The quantitative estimate of drug-likeness (QED) is 0.313. The van der Waals surface area contributed by atoms with Crippen molar-refractivity contribution in [2.75, 3.05) is 18.8 Å². The highest BCUT2D eigenvalue weighted by Crippen LogP contribution is 2.19. The summed E-state index contributed by atoms with van der Waals surface area (Å²) in [6.07, 6.45) is 1.23. The second-order valence-electron chi connectivity index (χ2n) is 3.46. The molecule has 0 fully saturated rings. The smallest absolute Gasteiger partial charge is 0.255 e. The third-order valence-electron chi connectivity index (χ3n) is 2.13. The molecule has 0 saturated carbocycles. The van der Waals surface area contributed by atoms with Crippen molar-refractivity contribution in [2.45, 2.75) is 6.42 Å². The zero-order valence-electron chi connectivity index (χ0n) is 9.27. The number of phenolic OH excluding ortho intramolecular Hbond substituents is 1. The molecule has 5 N–H and O–H groups in total. The third kappa shape index (κ3) is 4.02. The summed E-state index contributed by atoms with van der Waals surface area (Å²) in [5.74, 6) is -0.512. The average Bonchev–Trinajstić information content (AvgIpc) is 2.28. The van der Waals surface area contributed by atoms with E-state index in [1.54, 1.807) is 6.07 Å². The van der Waals surface area contributed by atoms with Crippen molar-refractivity contribution < 1.29 is 14.7 Å². The van der Waals surface area contributed by atoms with Crippen molar-refractivity contribution in [1.29, 1.82) is 0 Å². The Morgan fingerprint density at radius 1 is 1.41 bits per heavy atom. The van der Waals surface area contributed by atoms with E-state index >= 15 is 0 Å². The lowest BCUT2D eigenvalue weighted by Crippen LogP contribution is -2.27. The number of nitrogens with one attached hydrogen (secondary N) is 2. The van der Waals surface area contributed by atoms with Crippen molar-refractivity contribution in [3.8, 4) is 5.75 Å². The number of phenols is 1. The maximum Gasteiger partial charge on any atom is 0.255 e. The van der Waals surface area contributed by atoms with Gasteiger partial charge in [0.2, 0.25) is 6.41 Å². The molecule has 0 unspecified atom stereocenters. The molecule has 1 aromatic carbocycles. The first-order chi connectivity index (χ1) is 8.15. The standard InChI is InChI=1S/C11H15N3O3/c12-8-2-3-9(10(16)6-8)11(17)14-5-1-4-13-7-15/h2-3,6-7,16H,1,4-5,12H2,(H,13,15)(H,14,17). The Hall–Kier alpha value is -2.24. The Kier molecular flexibility index (Phi) is 4.80. The summed E-state index contributed by atoms with van der Waals surface area (Å²) in [4.78, 5) is 21.6. The maximum atomic E-state index is 11.6. The minimum Gasteiger partial charge on any atom is -0.507 e. The molecule has 0 aliphatic heterocycles. The number of hydrogen-bond acceptors (Lipinski definition) is 4. The molecule has 0 aliphatic carbocycles. The normalized spacial score (nSPS) is 9.65. The van der Waals surface area contributed by atoms with Gasteiger partial charge in [-0.1, -0.05) is 0 Å². The Labute approximate surface area is 98.8 Å². The number of nitrogen functional groups attached to an aromatic ring is 1. The van der Waals surface area contributed by atoms with Crippen LogP contribution in [0.2, 0.25) is 0 Å². The van der Waals surface area contributed by atoms with Crippen LogP contribution >= 0.6 is 0 Å². The SMILES string of the molecule is Nc1ccc(C(=O)NCCCNC=O)c(O)c1.